The zero-order valence-corrected chi connectivity index (χ0v) is 16.3. The lowest BCUT2D eigenvalue weighted by Gasteiger charge is -2.20. The van der Waals surface area contributed by atoms with E-state index in [0.29, 0.717) is 22.2 Å². The quantitative estimate of drug-likeness (QED) is 0.695. The van der Waals surface area contributed by atoms with Gasteiger partial charge in [-0.25, -0.2) is 26.6 Å². The fourth-order valence-corrected chi connectivity index (χ4v) is 4.69. The standard InChI is InChI=1S/C14H14ClF2N5O2S2/c1-14(2,3)21-26(23,24)7-4-9(15)8-6-18-22(10(8)5-7)13-20-19-12(25-13)11(16)17/h4-6,11,21H,1-3H3. The molecule has 0 aliphatic carbocycles. The van der Waals surface area contributed by atoms with E-state index in [2.05, 4.69) is 20.0 Å². The minimum absolute atomic E-state index is 0.0646. The minimum atomic E-state index is -3.85. The van der Waals surface area contributed by atoms with E-state index in [1.54, 1.807) is 20.8 Å². The molecular weight excluding hydrogens is 408 g/mol. The lowest BCUT2D eigenvalue weighted by atomic mass is 10.1. The number of fused-ring (bicyclic) bond motifs is 1. The molecule has 2 heterocycles. The fourth-order valence-electron chi connectivity index (χ4n) is 2.23. The highest BCUT2D eigenvalue weighted by molar-refractivity contribution is 7.89. The van der Waals surface area contributed by atoms with Crippen LogP contribution in [-0.2, 0) is 10.0 Å². The van der Waals surface area contributed by atoms with Crippen molar-refractivity contribution < 1.29 is 17.2 Å². The molecule has 0 radical (unpaired) electrons. The van der Waals surface area contributed by atoms with Crippen LogP contribution in [0.5, 0.6) is 0 Å². The average Bonchev–Trinajstić information content (AvgIpc) is 3.10. The second-order valence-corrected chi connectivity index (χ2v) is 9.55. The third-order valence-corrected chi connectivity index (χ3v) is 6.12. The molecule has 0 bridgehead atoms. The van der Waals surface area contributed by atoms with Crippen LogP contribution in [0.4, 0.5) is 8.78 Å². The molecule has 12 heteroatoms. The van der Waals surface area contributed by atoms with Gasteiger partial charge in [0.2, 0.25) is 15.2 Å². The number of hydrogen-bond acceptors (Lipinski definition) is 6. The minimum Gasteiger partial charge on any atom is -0.207 e. The smallest absolute Gasteiger partial charge is 0.207 e. The summed E-state index contributed by atoms with van der Waals surface area (Å²) in [6, 6.07) is 2.68. The maximum atomic E-state index is 12.7. The number of nitrogens with one attached hydrogen (secondary N) is 1. The van der Waals surface area contributed by atoms with Gasteiger partial charge >= 0.3 is 0 Å². The summed E-state index contributed by atoms with van der Waals surface area (Å²) in [6.45, 7) is 5.13. The molecule has 0 saturated carbocycles. The fraction of sp³-hybridized carbons (Fsp3) is 0.357. The van der Waals surface area contributed by atoms with Crippen LogP contribution < -0.4 is 4.72 Å². The summed E-state index contributed by atoms with van der Waals surface area (Å²) in [6.07, 6.45) is -1.34. The first-order valence-electron chi connectivity index (χ1n) is 7.31. The van der Waals surface area contributed by atoms with Gasteiger partial charge in [0.1, 0.15) is 0 Å². The number of sulfonamides is 1. The van der Waals surface area contributed by atoms with E-state index < -0.39 is 27.0 Å². The van der Waals surface area contributed by atoms with Gasteiger partial charge in [-0.2, -0.15) is 5.10 Å². The zero-order valence-electron chi connectivity index (χ0n) is 13.9. The van der Waals surface area contributed by atoms with Crippen LogP contribution in [0.1, 0.15) is 32.2 Å². The van der Waals surface area contributed by atoms with Crippen LogP contribution in [0.25, 0.3) is 16.0 Å². The largest absolute Gasteiger partial charge is 0.291 e. The Hall–Kier alpha value is -1.69. The van der Waals surface area contributed by atoms with Crippen LogP contribution in [0.2, 0.25) is 5.02 Å². The molecule has 7 nitrogen and oxygen atoms in total. The van der Waals surface area contributed by atoms with Gasteiger partial charge in [-0.15, -0.1) is 10.2 Å². The lowest BCUT2D eigenvalue weighted by molar-refractivity contribution is 0.150. The first-order valence-corrected chi connectivity index (χ1v) is 9.99. The highest BCUT2D eigenvalue weighted by Gasteiger charge is 2.24. The average molecular weight is 422 g/mol. The van der Waals surface area contributed by atoms with E-state index in [0.717, 1.165) is 0 Å². The number of nitrogens with zero attached hydrogens (tertiary/aromatic N) is 4. The van der Waals surface area contributed by atoms with E-state index in [9.17, 15) is 17.2 Å². The summed E-state index contributed by atoms with van der Waals surface area (Å²) in [7, 11) is -3.85. The third kappa shape index (κ3) is 3.70. The van der Waals surface area contributed by atoms with Gasteiger partial charge in [0.05, 0.1) is 21.6 Å². The molecule has 1 aromatic carbocycles. The van der Waals surface area contributed by atoms with Gasteiger partial charge < -0.3 is 0 Å². The molecule has 2 aromatic heterocycles. The maximum absolute atomic E-state index is 12.7. The number of rotatable bonds is 4. The molecule has 140 valence electrons. The van der Waals surface area contributed by atoms with E-state index in [1.165, 1.54) is 23.0 Å². The van der Waals surface area contributed by atoms with Gasteiger partial charge in [-0.3, -0.25) is 0 Å². The van der Waals surface area contributed by atoms with Crippen LogP contribution in [0.3, 0.4) is 0 Å². The topological polar surface area (TPSA) is 89.8 Å². The van der Waals surface area contributed by atoms with E-state index in [-0.39, 0.29) is 15.0 Å². The van der Waals surface area contributed by atoms with Crippen molar-refractivity contribution in [2.75, 3.05) is 0 Å². The van der Waals surface area contributed by atoms with Gasteiger partial charge in [0, 0.05) is 10.9 Å². The first-order chi connectivity index (χ1) is 12.0. The molecular formula is C14H14ClF2N5O2S2. The monoisotopic (exact) mass is 421 g/mol. The first kappa shape index (κ1) is 19.1. The highest BCUT2D eigenvalue weighted by atomic mass is 35.5. The number of alkyl halides is 2. The molecule has 0 atom stereocenters. The summed E-state index contributed by atoms with van der Waals surface area (Å²) >= 11 is 6.86. The zero-order chi connectivity index (χ0) is 19.3. The summed E-state index contributed by atoms with van der Waals surface area (Å²) in [5, 5.41) is 11.5. The Morgan fingerprint density at radius 3 is 2.54 bits per heavy atom. The van der Waals surface area contributed by atoms with Crippen molar-refractivity contribution in [2.24, 2.45) is 0 Å². The molecule has 0 amide bonds. The molecule has 3 rings (SSSR count). The molecule has 0 saturated heterocycles. The van der Waals surface area contributed by atoms with Crippen molar-refractivity contribution in [1.82, 2.24) is 24.7 Å². The summed E-state index contributed by atoms with van der Waals surface area (Å²) in [5.74, 6) is 0. The molecule has 3 aromatic rings. The third-order valence-electron chi connectivity index (χ3n) is 3.16. The predicted molar refractivity (Wildman–Crippen MR) is 94.6 cm³/mol. The molecule has 0 aliphatic rings. The SMILES string of the molecule is CC(C)(C)NS(=O)(=O)c1cc(Cl)c2cnn(-c3nnc(C(F)F)s3)c2c1. The normalized spacial score (nSPS) is 13.0. The van der Waals surface area contributed by atoms with Crippen LogP contribution in [0.15, 0.2) is 23.2 Å². The molecule has 0 spiro atoms. The Morgan fingerprint density at radius 2 is 1.96 bits per heavy atom. The van der Waals surface area contributed by atoms with Gasteiger partial charge in [0.25, 0.3) is 6.43 Å². The number of benzene rings is 1. The molecule has 0 fully saturated rings. The summed E-state index contributed by atoms with van der Waals surface area (Å²) < 4.78 is 54.4. The van der Waals surface area contributed by atoms with Gasteiger partial charge in [-0.1, -0.05) is 22.9 Å². The van der Waals surface area contributed by atoms with Crippen molar-refractivity contribution >= 4 is 43.9 Å². The molecule has 26 heavy (non-hydrogen) atoms. The van der Waals surface area contributed by atoms with Crippen molar-refractivity contribution in [3.8, 4) is 5.13 Å². The van der Waals surface area contributed by atoms with Crippen LogP contribution in [0, 0.1) is 0 Å². The Bertz CT molecular complexity index is 1070. The van der Waals surface area contributed by atoms with Crippen LogP contribution >= 0.6 is 22.9 Å². The van der Waals surface area contributed by atoms with E-state index in [4.69, 9.17) is 11.6 Å². The Morgan fingerprint density at radius 1 is 1.27 bits per heavy atom. The summed E-state index contributed by atoms with van der Waals surface area (Å²) in [5.41, 5.74) is -0.366. The predicted octanol–water partition coefficient (Wildman–Crippen LogP) is 3.54. The van der Waals surface area contributed by atoms with Gasteiger partial charge in [0.15, 0.2) is 5.01 Å². The summed E-state index contributed by atoms with van der Waals surface area (Å²) in [4.78, 5) is -0.0646. The second kappa shape index (κ2) is 6.48. The van der Waals surface area contributed by atoms with E-state index >= 15 is 0 Å². The maximum Gasteiger partial charge on any atom is 0.291 e. The number of aromatic nitrogens is 4. The Labute approximate surface area is 157 Å². The molecule has 1 N–H and O–H groups in total. The second-order valence-electron chi connectivity index (χ2n) is 6.47. The Kier molecular flexibility index (Phi) is 4.76. The lowest BCUT2D eigenvalue weighted by Crippen LogP contribution is -2.40. The van der Waals surface area contributed by atoms with Crippen molar-refractivity contribution in [2.45, 2.75) is 37.6 Å². The van der Waals surface area contributed by atoms with E-state index in [1.807, 2.05) is 0 Å². The van der Waals surface area contributed by atoms with Crippen molar-refractivity contribution in [3.63, 3.8) is 0 Å². The number of halogens is 3. The van der Waals surface area contributed by atoms with Gasteiger partial charge in [-0.05, 0) is 32.9 Å². The molecule has 0 aliphatic heterocycles. The van der Waals surface area contributed by atoms with Crippen molar-refractivity contribution in [1.29, 1.82) is 0 Å². The van der Waals surface area contributed by atoms with Crippen molar-refractivity contribution in [3.05, 3.63) is 28.4 Å². The van der Waals surface area contributed by atoms with Crippen LogP contribution in [-0.4, -0.2) is 33.9 Å². The number of hydrogen-bond donors (Lipinski definition) is 1. The molecule has 0 unspecified atom stereocenters. The highest BCUT2D eigenvalue weighted by Crippen LogP contribution is 2.31. The Balaban J connectivity index is 2.15.